The zero-order valence-electron chi connectivity index (χ0n) is 11.2. The van der Waals surface area contributed by atoms with Gasteiger partial charge in [-0.2, -0.15) is 0 Å². The lowest BCUT2D eigenvalue weighted by molar-refractivity contribution is 0.0400. The number of ether oxygens (including phenoxy) is 1. The van der Waals surface area contributed by atoms with E-state index in [4.69, 9.17) is 4.74 Å². The van der Waals surface area contributed by atoms with Gasteiger partial charge in [-0.1, -0.05) is 0 Å². The lowest BCUT2D eigenvalue weighted by atomic mass is 10.2. The number of aromatic nitrogens is 2. The maximum absolute atomic E-state index is 5.81. The zero-order chi connectivity index (χ0) is 13.1. The highest BCUT2D eigenvalue weighted by Crippen LogP contribution is 2.42. The van der Waals surface area contributed by atoms with Crippen molar-refractivity contribution in [2.75, 3.05) is 18.5 Å². The normalized spacial score (nSPS) is 16.7. The van der Waals surface area contributed by atoms with Crippen LogP contribution in [0.1, 0.15) is 44.3 Å². The Kier molecular flexibility index (Phi) is 4.56. The predicted octanol–water partition coefficient (Wildman–Crippen LogP) is 3.47. The fourth-order valence-electron chi connectivity index (χ4n) is 1.99. The third-order valence-corrected chi connectivity index (χ3v) is 3.98. The number of nitrogens with one attached hydrogen (secondary N) is 1. The molecule has 4 nitrogen and oxygen atoms in total. The van der Waals surface area contributed by atoms with Gasteiger partial charge in [0, 0.05) is 13.2 Å². The Hall–Kier alpha value is -0.680. The van der Waals surface area contributed by atoms with Crippen LogP contribution in [0.3, 0.4) is 0 Å². The van der Waals surface area contributed by atoms with Crippen LogP contribution in [0.4, 0.5) is 5.82 Å². The van der Waals surface area contributed by atoms with Crippen LogP contribution in [-0.2, 0) is 4.74 Å². The topological polar surface area (TPSA) is 47.0 Å². The second-order valence-electron chi connectivity index (χ2n) is 4.57. The molecule has 0 radical (unpaired) electrons. The van der Waals surface area contributed by atoms with Crippen molar-refractivity contribution >= 4 is 21.7 Å². The summed E-state index contributed by atoms with van der Waals surface area (Å²) >= 11 is 3.53. The minimum absolute atomic E-state index is 0.0548. The van der Waals surface area contributed by atoms with Gasteiger partial charge < -0.3 is 10.1 Å². The second kappa shape index (κ2) is 5.97. The molecule has 0 amide bonds. The molecule has 1 atom stereocenters. The molecule has 1 saturated carbocycles. The van der Waals surface area contributed by atoms with Crippen LogP contribution in [0.25, 0.3) is 0 Å². The van der Waals surface area contributed by atoms with E-state index in [0.29, 0.717) is 12.5 Å². The van der Waals surface area contributed by atoms with Gasteiger partial charge in [-0.25, -0.2) is 9.97 Å². The highest BCUT2D eigenvalue weighted by molar-refractivity contribution is 9.10. The van der Waals surface area contributed by atoms with E-state index in [2.05, 4.69) is 38.1 Å². The Morgan fingerprint density at radius 2 is 2.11 bits per heavy atom. The number of hydrogen-bond acceptors (Lipinski definition) is 4. The van der Waals surface area contributed by atoms with E-state index < -0.39 is 0 Å². The first-order chi connectivity index (χ1) is 8.67. The minimum atomic E-state index is 0.0548. The second-order valence-corrected chi connectivity index (χ2v) is 5.37. The van der Waals surface area contributed by atoms with Gasteiger partial charge in [0.25, 0.3) is 0 Å². The summed E-state index contributed by atoms with van der Waals surface area (Å²) in [4.78, 5) is 9.18. The molecule has 0 bridgehead atoms. The summed E-state index contributed by atoms with van der Waals surface area (Å²) in [6, 6.07) is 0. The Balaban J connectivity index is 2.30. The average Bonchev–Trinajstić information content (AvgIpc) is 3.16. The molecule has 1 unspecified atom stereocenters. The fraction of sp³-hybridized carbons (Fsp3) is 0.692. The Bertz CT molecular complexity index is 421. The van der Waals surface area contributed by atoms with Gasteiger partial charge in [-0.15, -0.1) is 0 Å². The first kappa shape index (κ1) is 13.7. The molecule has 1 aromatic heterocycles. The Morgan fingerprint density at radius 3 is 2.67 bits per heavy atom. The van der Waals surface area contributed by atoms with E-state index in [1.54, 1.807) is 0 Å². The van der Waals surface area contributed by atoms with Crippen LogP contribution in [-0.4, -0.2) is 23.1 Å². The van der Waals surface area contributed by atoms with Crippen molar-refractivity contribution < 1.29 is 4.74 Å². The van der Waals surface area contributed by atoms with Crippen LogP contribution >= 0.6 is 15.9 Å². The molecule has 1 aromatic rings. The molecular weight excluding hydrogens is 294 g/mol. The van der Waals surface area contributed by atoms with E-state index >= 15 is 0 Å². The number of hydrogen-bond donors (Lipinski definition) is 1. The maximum Gasteiger partial charge on any atom is 0.160 e. The van der Waals surface area contributed by atoms with E-state index in [1.807, 2.05) is 13.8 Å². The first-order valence-corrected chi connectivity index (χ1v) is 7.36. The standard InChI is InChI=1S/C13H20BrN3O/c1-4-15-12-10(14)8(3)16-13(17-12)11(18-5-2)9-6-7-9/h9,11H,4-7H2,1-3H3,(H,15,16,17). The molecule has 0 aromatic carbocycles. The third-order valence-electron chi connectivity index (χ3n) is 3.03. The smallest absolute Gasteiger partial charge is 0.160 e. The number of anilines is 1. The highest BCUT2D eigenvalue weighted by Gasteiger charge is 2.35. The van der Waals surface area contributed by atoms with E-state index in [9.17, 15) is 0 Å². The van der Waals surface area contributed by atoms with Crippen LogP contribution in [0, 0.1) is 12.8 Å². The van der Waals surface area contributed by atoms with Crippen molar-refractivity contribution in [1.29, 1.82) is 0 Å². The van der Waals surface area contributed by atoms with Gasteiger partial charge in [-0.05, 0) is 55.5 Å². The van der Waals surface area contributed by atoms with Crippen LogP contribution in [0.5, 0.6) is 0 Å². The van der Waals surface area contributed by atoms with Gasteiger partial charge in [-0.3, -0.25) is 0 Å². The molecule has 5 heteroatoms. The number of rotatable bonds is 6. The highest BCUT2D eigenvalue weighted by atomic mass is 79.9. The molecule has 0 spiro atoms. The van der Waals surface area contributed by atoms with E-state index in [1.165, 1.54) is 12.8 Å². The van der Waals surface area contributed by atoms with Gasteiger partial charge in [0.15, 0.2) is 5.82 Å². The molecule has 0 aliphatic heterocycles. The molecule has 100 valence electrons. The van der Waals surface area contributed by atoms with Crippen LogP contribution in [0.2, 0.25) is 0 Å². The summed E-state index contributed by atoms with van der Waals surface area (Å²) in [5.74, 6) is 2.28. The van der Waals surface area contributed by atoms with Gasteiger partial charge in [0.05, 0.1) is 10.2 Å². The molecule has 0 saturated heterocycles. The molecule has 1 fully saturated rings. The number of halogens is 1. The molecular formula is C13H20BrN3O. The van der Waals surface area contributed by atoms with Crippen molar-refractivity contribution in [3.05, 3.63) is 16.0 Å². The van der Waals surface area contributed by atoms with Crippen molar-refractivity contribution in [2.45, 2.75) is 39.7 Å². The lowest BCUT2D eigenvalue weighted by Crippen LogP contribution is -2.14. The fourth-order valence-corrected chi connectivity index (χ4v) is 2.31. The monoisotopic (exact) mass is 313 g/mol. The van der Waals surface area contributed by atoms with E-state index in [-0.39, 0.29) is 6.10 Å². The predicted molar refractivity (Wildman–Crippen MR) is 75.7 cm³/mol. The van der Waals surface area contributed by atoms with Crippen molar-refractivity contribution in [3.63, 3.8) is 0 Å². The largest absolute Gasteiger partial charge is 0.370 e. The number of aryl methyl sites for hydroxylation is 1. The van der Waals surface area contributed by atoms with Crippen molar-refractivity contribution in [1.82, 2.24) is 9.97 Å². The average molecular weight is 314 g/mol. The van der Waals surface area contributed by atoms with Gasteiger partial charge in [0.2, 0.25) is 0 Å². The molecule has 2 rings (SSSR count). The van der Waals surface area contributed by atoms with Gasteiger partial charge in [0.1, 0.15) is 11.9 Å². The third kappa shape index (κ3) is 3.01. The minimum Gasteiger partial charge on any atom is -0.370 e. The Labute approximate surface area is 117 Å². The molecule has 1 N–H and O–H groups in total. The molecule has 1 aliphatic rings. The SMILES string of the molecule is CCNc1nc(C(OCC)C2CC2)nc(C)c1Br. The molecule has 1 heterocycles. The summed E-state index contributed by atoms with van der Waals surface area (Å²) in [7, 11) is 0. The first-order valence-electron chi connectivity index (χ1n) is 6.56. The maximum atomic E-state index is 5.81. The zero-order valence-corrected chi connectivity index (χ0v) is 12.7. The summed E-state index contributed by atoms with van der Waals surface area (Å²) in [5.41, 5.74) is 0.960. The Morgan fingerprint density at radius 1 is 1.39 bits per heavy atom. The van der Waals surface area contributed by atoms with E-state index in [0.717, 1.165) is 28.4 Å². The number of nitrogens with zero attached hydrogens (tertiary/aromatic N) is 2. The van der Waals surface area contributed by atoms with Gasteiger partial charge >= 0.3 is 0 Å². The van der Waals surface area contributed by atoms with Crippen LogP contribution in [0.15, 0.2) is 4.47 Å². The molecule has 18 heavy (non-hydrogen) atoms. The van der Waals surface area contributed by atoms with Crippen molar-refractivity contribution in [2.24, 2.45) is 5.92 Å². The van der Waals surface area contributed by atoms with Crippen molar-refractivity contribution in [3.8, 4) is 0 Å². The summed E-state index contributed by atoms with van der Waals surface area (Å²) in [6.45, 7) is 7.62. The summed E-state index contributed by atoms with van der Waals surface area (Å²) in [5, 5.41) is 3.26. The van der Waals surface area contributed by atoms with Crippen LogP contribution < -0.4 is 5.32 Å². The summed E-state index contributed by atoms with van der Waals surface area (Å²) < 4.78 is 6.76. The summed E-state index contributed by atoms with van der Waals surface area (Å²) in [6.07, 6.45) is 2.50. The lowest BCUT2D eigenvalue weighted by Gasteiger charge is -2.17. The quantitative estimate of drug-likeness (QED) is 0.873. The molecule has 1 aliphatic carbocycles.